The van der Waals surface area contributed by atoms with Gasteiger partial charge in [0, 0.05) is 12.7 Å². The fourth-order valence-electron chi connectivity index (χ4n) is 2.75. The molecule has 0 aliphatic heterocycles. The summed E-state index contributed by atoms with van der Waals surface area (Å²) in [5.41, 5.74) is 1.02. The van der Waals surface area contributed by atoms with Crippen LogP contribution in [0.1, 0.15) is 36.2 Å². The Labute approximate surface area is 129 Å². The van der Waals surface area contributed by atoms with Crippen LogP contribution in [-0.2, 0) is 9.47 Å². The van der Waals surface area contributed by atoms with Gasteiger partial charge >= 0.3 is 5.97 Å². The highest BCUT2D eigenvalue weighted by Crippen LogP contribution is 2.25. The summed E-state index contributed by atoms with van der Waals surface area (Å²) in [7, 11) is 1.65. The van der Waals surface area contributed by atoms with E-state index in [4.69, 9.17) is 13.9 Å². The number of carbonyl (C=O) groups excluding carboxylic acids is 1. The molecule has 3 rings (SSSR count). The molecule has 1 heterocycles. The number of esters is 1. The highest BCUT2D eigenvalue weighted by Gasteiger charge is 2.29. The number of oxazole rings is 1. The molecule has 0 saturated heterocycles. The van der Waals surface area contributed by atoms with Crippen LogP contribution < -0.4 is 0 Å². The van der Waals surface area contributed by atoms with E-state index in [1.165, 1.54) is 6.26 Å². The van der Waals surface area contributed by atoms with Gasteiger partial charge in [0.05, 0.1) is 6.10 Å². The van der Waals surface area contributed by atoms with Crippen LogP contribution in [0.5, 0.6) is 0 Å². The first-order chi connectivity index (χ1) is 10.8. The molecule has 0 bridgehead atoms. The largest absolute Gasteiger partial charge is 0.455 e. The van der Waals surface area contributed by atoms with Crippen LogP contribution in [0.2, 0.25) is 0 Å². The topological polar surface area (TPSA) is 61.6 Å². The van der Waals surface area contributed by atoms with Gasteiger partial charge in [-0.15, -0.1) is 0 Å². The van der Waals surface area contributed by atoms with E-state index in [1.807, 2.05) is 30.3 Å². The zero-order chi connectivity index (χ0) is 15.4. The number of aromatic nitrogens is 1. The Kier molecular flexibility index (Phi) is 4.53. The van der Waals surface area contributed by atoms with Crippen molar-refractivity contribution < 1.29 is 18.7 Å². The number of hydrogen-bond acceptors (Lipinski definition) is 5. The van der Waals surface area contributed by atoms with Crippen molar-refractivity contribution in [1.82, 2.24) is 4.98 Å². The Bertz CT molecular complexity index is 623. The molecule has 1 aromatic heterocycles. The van der Waals surface area contributed by atoms with Crippen LogP contribution in [0.25, 0.3) is 11.5 Å². The minimum atomic E-state index is -0.458. The average Bonchev–Trinajstić information content (AvgIpc) is 3.06. The van der Waals surface area contributed by atoms with E-state index in [0.29, 0.717) is 5.89 Å². The molecule has 0 radical (unpaired) electrons. The molecular formula is C17H19NO4. The first kappa shape index (κ1) is 14.8. The summed E-state index contributed by atoms with van der Waals surface area (Å²) in [6, 6.07) is 9.45. The van der Waals surface area contributed by atoms with Gasteiger partial charge in [0.15, 0.2) is 5.69 Å². The van der Waals surface area contributed by atoms with Crippen LogP contribution >= 0.6 is 0 Å². The monoisotopic (exact) mass is 301 g/mol. The van der Waals surface area contributed by atoms with Gasteiger partial charge in [-0.2, -0.15) is 0 Å². The fourth-order valence-corrected chi connectivity index (χ4v) is 2.75. The second-order valence-electron chi connectivity index (χ2n) is 5.41. The van der Waals surface area contributed by atoms with E-state index in [9.17, 15) is 4.79 Å². The highest BCUT2D eigenvalue weighted by molar-refractivity contribution is 5.87. The van der Waals surface area contributed by atoms with Crippen LogP contribution in [0.4, 0.5) is 0 Å². The molecule has 1 aliphatic carbocycles. The Hall–Kier alpha value is -2.14. The molecule has 5 nitrogen and oxygen atoms in total. The van der Waals surface area contributed by atoms with Crippen molar-refractivity contribution in [3.8, 4) is 11.5 Å². The van der Waals surface area contributed by atoms with Crippen molar-refractivity contribution in [3.05, 3.63) is 42.3 Å². The molecule has 1 aliphatic rings. The predicted molar refractivity (Wildman–Crippen MR) is 80.4 cm³/mol. The van der Waals surface area contributed by atoms with Crippen molar-refractivity contribution >= 4 is 5.97 Å². The molecule has 0 amide bonds. The molecule has 0 unspecified atom stereocenters. The summed E-state index contributed by atoms with van der Waals surface area (Å²) in [6.07, 6.45) is 5.01. The molecule has 2 atom stereocenters. The van der Waals surface area contributed by atoms with Gasteiger partial charge in [-0.25, -0.2) is 9.78 Å². The maximum atomic E-state index is 12.2. The smallest absolute Gasteiger partial charge is 0.360 e. The molecule has 0 spiro atoms. The lowest BCUT2D eigenvalue weighted by atomic mass is 9.94. The summed E-state index contributed by atoms with van der Waals surface area (Å²) >= 11 is 0. The zero-order valence-electron chi connectivity index (χ0n) is 12.5. The van der Waals surface area contributed by atoms with Gasteiger partial charge < -0.3 is 13.9 Å². The van der Waals surface area contributed by atoms with Gasteiger partial charge in [-0.3, -0.25) is 0 Å². The molecule has 1 saturated carbocycles. The maximum Gasteiger partial charge on any atom is 0.360 e. The average molecular weight is 301 g/mol. The lowest BCUT2D eigenvalue weighted by Crippen LogP contribution is -2.35. The molecule has 22 heavy (non-hydrogen) atoms. The predicted octanol–water partition coefficient (Wildman–Crippen LogP) is 3.46. The number of methoxy groups -OCH3 is 1. The summed E-state index contributed by atoms with van der Waals surface area (Å²) in [6.45, 7) is 0. The highest BCUT2D eigenvalue weighted by atomic mass is 16.6. The SMILES string of the molecule is CO[C@H]1CCCC[C@@H]1OC(=O)c1coc(-c2ccccc2)n1. The molecule has 2 aromatic rings. The van der Waals surface area contributed by atoms with E-state index in [0.717, 1.165) is 31.2 Å². The Balaban J connectivity index is 1.69. The molecule has 1 aromatic carbocycles. The van der Waals surface area contributed by atoms with E-state index < -0.39 is 5.97 Å². The van der Waals surface area contributed by atoms with Crippen LogP contribution in [0.15, 0.2) is 41.0 Å². The maximum absolute atomic E-state index is 12.2. The quantitative estimate of drug-likeness (QED) is 0.809. The third-order valence-electron chi connectivity index (χ3n) is 3.94. The Morgan fingerprint density at radius 3 is 2.64 bits per heavy atom. The number of carbonyl (C=O) groups is 1. The normalized spacial score (nSPS) is 21.5. The number of rotatable bonds is 4. The lowest BCUT2D eigenvalue weighted by molar-refractivity contribution is -0.0542. The van der Waals surface area contributed by atoms with Crippen LogP contribution in [-0.4, -0.2) is 30.3 Å². The third kappa shape index (κ3) is 3.20. The van der Waals surface area contributed by atoms with Gasteiger partial charge in [0.25, 0.3) is 0 Å². The summed E-state index contributed by atoms with van der Waals surface area (Å²) < 4.78 is 16.3. The van der Waals surface area contributed by atoms with Gasteiger partial charge in [-0.1, -0.05) is 24.6 Å². The Morgan fingerprint density at radius 1 is 1.18 bits per heavy atom. The number of nitrogens with zero attached hydrogens (tertiary/aromatic N) is 1. The van der Waals surface area contributed by atoms with E-state index in [-0.39, 0.29) is 17.9 Å². The molecule has 1 fully saturated rings. The number of ether oxygens (including phenoxy) is 2. The van der Waals surface area contributed by atoms with E-state index in [2.05, 4.69) is 4.98 Å². The van der Waals surface area contributed by atoms with Crippen molar-refractivity contribution in [2.75, 3.05) is 7.11 Å². The minimum absolute atomic E-state index is 0.0294. The third-order valence-corrected chi connectivity index (χ3v) is 3.94. The second-order valence-corrected chi connectivity index (χ2v) is 5.41. The number of benzene rings is 1. The minimum Gasteiger partial charge on any atom is -0.455 e. The van der Waals surface area contributed by atoms with Gasteiger partial charge in [-0.05, 0) is 31.4 Å². The van der Waals surface area contributed by atoms with Crippen LogP contribution in [0.3, 0.4) is 0 Å². The zero-order valence-corrected chi connectivity index (χ0v) is 12.5. The van der Waals surface area contributed by atoms with Crippen molar-refractivity contribution in [3.63, 3.8) is 0 Å². The first-order valence-electron chi connectivity index (χ1n) is 7.52. The summed E-state index contributed by atoms with van der Waals surface area (Å²) in [5.74, 6) is -0.0423. The molecule has 0 N–H and O–H groups in total. The van der Waals surface area contributed by atoms with Gasteiger partial charge in [0.2, 0.25) is 5.89 Å². The lowest BCUT2D eigenvalue weighted by Gasteiger charge is -2.29. The van der Waals surface area contributed by atoms with Crippen molar-refractivity contribution in [2.45, 2.75) is 37.9 Å². The molecular weight excluding hydrogens is 282 g/mol. The fraction of sp³-hybridized carbons (Fsp3) is 0.412. The van der Waals surface area contributed by atoms with E-state index >= 15 is 0 Å². The first-order valence-corrected chi connectivity index (χ1v) is 7.52. The molecule has 116 valence electrons. The molecule has 5 heteroatoms. The van der Waals surface area contributed by atoms with Crippen molar-refractivity contribution in [1.29, 1.82) is 0 Å². The second kappa shape index (κ2) is 6.75. The van der Waals surface area contributed by atoms with Gasteiger partial charge in [0.1, 0.15) is 12.4 Å². The number of hydrogen-bond donors (Lipinski definition) is 0. The Morgan fingerprint density at radius 2 is 1.91 bits per heavy atom. The standard InChI is InChI=1S/C17H19NO4/c1-20-14-9-5-6-10-15(14)22-17(19)13-11-21-16(18-13)12-7-3-2-4-8-12/h2-4,7-8,11,14-15H,5-6,9-10H2,1H3/t14-,15-/m0/s1. The summed E-state index contributed by atoms with van der Waals surface area (Å²) in [4.78, 5) is 16.4. The van der Waals surface area contributed by atoms with E-state index in [1.54, 1.807) is 7.11 Å². The summed E-state index contributed by atoms with van der Waals surface area (Å²) in [5, 5.41) is 0. The van der Waals surface area contributed by atoms with Crippen molar-refractivity contribution in [2.24, 2.45) is 0 Å². The van der Waals surface area contributed by atoms with Crippen LogP contribution in [0, 0.1) is 0 Å².